The molecule has 0 saturated carbocycles. The minimum Gasteiger partial charge on any atom is -1.00 e. The second-order valence-electron chi connectivity index (χ2n) is 6.02. The van der Waals surface area contributed by atoms with E-state index in [1.165, 1.54) is 4.88 Å². The first kappa shape index (κ1) is 21.1. The van der Waals surface area contributed by atoms with E-state index in [2.05, 4.69) is 13.5 Å². The molecule has 0 aliphatic rings. The van der Waals surface area contributed by atoms with Crippen molar-refractivity contribution in [3.8, 4) is 11.5 Å². The molecule has 3 aromatic rings. The Balaban J connectivity index is 0.00000261. The lowest BCUT2D eigenvalue weighted by atomic mass is 10.0. The van der Waals surface area contributed by atoms with Crippen LogP contribution >= 0.6 is 11.3 Å². The van der Waals surface area contributed by atoms with Gasteiger partial charge in [0.15, 0.2) is 5.69 Å². The summed E-state index contributed by atoms with van der Waals surface area (Å²) >= 11 is 1.64. The van der Waals surface area contributed by atoms with Crippen molar-refractivity contribution < 1.29 is 35.8 Å². The van der Waals surface area contributed by atoms with Gasteiger partial charge in [-0.25, -0.2) is 0 Å². The van der Waals surface area contributed by atoms with Gasteiger partial charge in [0.25, 0.3) is 0 Å². The molecule has 6 heteroatoms. The monoisotopic (exact) mass is 447 g/mol. The Labute approximate surface area is 173 Å². The second-order valence-corrected chi connectivity index (χ2v) is 7.08. The fourth-order valence-corrected chi connectivity index (χ4v) is 3.72. The third-order valence-electron chi connectivity index (χ3n) is 4.43. The molecule has 0 aliphatic carbocycles. The van der Waals surface area contributed by atoms with E-state index in [-0.39, 0.29) is 29.3 Å². The van der Waals surface area contributed by atoms with Crippen LogP contribution in [-0.2, 0) is 6.54 Å². The van der Waals surface area contributed by atoms with E-state index in [0.717, 1.165) is 16.5 Å². The zero-order valence-corrected chi connectivity index (χ0v) is 18.0. The molecule has 0 N–H and O–H groups in total. The number of ketones is 1. The maximum atomic E-state index is 13.1. The molecule has 0 saturated heterocycles. The molecule has 0 unspecified atom stereocenters. The van der Waals surface area contributed by atoms with Gasteiger partial charge in [0, 0.05) is 17.7 Å². The summed E-state index contributed by atoms with van der Waals surface area (Å²) in [5, 5.41) is 1.78. The van der Waals surface area contributed by atoms with Crippen molar-refractivity contribution in [2.45, 2.75) is 20.4 Å². The fourth-order valence-electron chi connectivity index (χ4n) is 2.92. The van der Waals surface area contributed by atoms with Crippen LogP contribution in [0.15, 0.2) is 48.5 Å². The fraction of sp³-hybridized carbons (Fsp3) is 0.238. The van der Waals surface area contributed by atoms with Gasteiger partial charge in [-0.05, 0) is 13.0 Å². The molecule has 27 heavy (non-hydrogen) atoms. The highest BCUT2D eigenvalue weighted by Gasteiger charge is 2.23. The summed E-state index contributed by atoms with van der Waals surface area (Å²) in [7, 11) is 1.59. The van der Waals surface area contributed by atoms with Crippen molar-refractivity contribution >= 4 is 27.9 Å². The lowest BCUT2D eigenvalue weighted by Gasteiger charge is -2.14. The summed E-state index contributed by atoms with van der Waals surface area (Å²) in [5.74, 6) is 1.23. The van der Waals surface area contributed by atoms with Crippen LogP contribution in [0, 0.1) is 13.8 Å². The van der Waals surface area contributed by atoms with E-state index in [1.807, 2.05) is 41.3 Å². The zero-order chi connectivity index (χ0) is 18.7. The molecule has 142 valence electrons. The van der Waals surface area contributed by atoms with E-state index < -0.39 is 0 Å². The summed E-state index contributed by atoms with van der Waals surface area (Å²) in [6.45, 7) is 8.42. The van der Waals surface area contributed by atoms with Gasteiger partial charge in [-0.2, -0.15) is 4.57 Å². The lowest BCUT2D eigenvalue weighted by molar-refractivity contribution is -0.684. The first-order chi connectivity index (χ1) is 12.6. The summed E-state index contributed by atoms with van der Waals surface area (Å²) < 4.78 is 13.4. The summed E-state index contributed by atoms with van der Waals surface area (Å²) in [5.41, 5.74) is 3.61. The van der Waals surface area contributed by atoms with E-state index in [0.29, 0.717) is 23.7 Å². The predicted octanol–water partition coefficient (Wildman–Crippen LogP) is 1.27. The van der Waals surface area contributed by atoms with E-state index >= 15 is 0 Å². The first-order valence-electron chi connectivity index (χ1n) is 8.37. The number of benzene rings is 2. The van der Waals surface area contributed by atoms with Gasteiger partial charge < -0.3 is 26.5 Å². The van der Waals surface area contributed by atoms with Crippen molar-refractivity contribution in [3.05, 3.63) is 64.6 Å². The number of rotatable bonds is 7. The number of hydrogen-bond acceptors (Lipinski definition) is 4. The Morgan fingerprint density at radius 3 is 2.56 bits per heavy atom. The molecule has 0 spiro atoms. The Kier molecular flexibility index (Phi) is 7.16. The molecule has 2 aromatic carbocycles. The molecular weight excluding hydrogens is 426 g/mol. The van der Waals surface area contributed by atoms with E-state index in [4.69, 9.17) is 9.47 Å². The first-order valence-corrected chi connectivity index (χ1v) is 9.25. The van der Waals surface area contributed by atoms with Gasteiger partial charge in [0.1, 0.15) is 18.1 Å². The smallest absolute Gasteiger partial charge is 0.231 e. The molecule has 1 aromatic heterocycles. The normalized spacial score (nSPS) is 10.3. The van der Waals surface area contributed by atoms with Crippen LogP contribution in [0.25, 0.3) is 10.8 Å². The van der Waals surface area contributed by atoms with Crippen molar-refractivity contribution in [2.24, 2.45) is 0 Å². The van der Waals surface area contributed by atoms with Crippen molar-refractivity contribution in [1.29, 1.82) is 0 Å². The highest BCUT2D eigenvalue weighted by molar-refractivity contribution is 7.09. The minimum absolute atomic E-state index is 0. The van der Waals surface area contributed by atoms with Crippen LogP contribution in [0.3, 0.4) is 0 Å². The third kappa shape index (κ3) is 4.22. The van der Waals surface area contributed by atoms with Gasteiger partial charge in [-0.15, -0.1) is 0 Å². The van der Waals surface area contributed by atoms with Crippen molar-refractivity contribution in [1.82, 2.24) is 0 Å². The molecule has 0 amide bonds. The number of halogens is 1. The summed E-state index contributed by atoms with van der Waals surface area (Å²) in [6.07, 6.45) is 1.69. The van der Waals surface area contributed by atoms with Crippen LogP contribution in [0.1, 0.15) is 20.9 Å². The number of aromatic nitrogens is 1. The van der Waals surface area contributed by atoms with Crippen molar-refractivity contribution in [3.63, 3.8) is 0 Å². The Morgan fingerprint density at radius 2 is 1.96 bits per heavy atom. The largest absolute Gasteiger partial charge is 1.00 e. The third-order valence-corrected chi connectivity index (χ3v) is 5.44. The van der Waals surface area contributed by atoms with E-state index in [1.54, 1.807) is 30.6 Å². The lowest BCUT2D eigenvalue weighted by Crippen LogP contribution is -3.00. The van der Waals surface area contributed by atoms with Crippen LogP contribution in [0.2, 0.25) is 0 Å². The number of carbonyl (C=O) groups is 1. The van der Waals surface area contributed by atoms with E-state index in [9.17, 15) is 4.79 Å². The number of fused-ring (bicyclic) bond motifs is 1. The molecule has 3 rings (SSSR count). The highest BCUT2D eigenvalue weighted by Crippen LogP contribution is 2.37. The Hall–Kier alpha value is -2.18. The van der Waals surface area contributed by atoms with Crippen LogP contribution in [-0.4, -0.2) is 19.5 Å². The quantitative estimate of drug-likeness (QED) is 0.311. The Morgan fingerprint density at radius 1 is 1.26 bits per heavy atom. The van der Waals surface area contributed by atoms with Crippen LogP contribution < -0.4 is 31.0 Å². The molecule has 0 bridgehead atoms. The molecule has 1 heterocycles. The van der Waals surface area contributed by atoms with Gasteiger partial charge in [-0.3, -0.25) is 4.79 Å². The standard InChI is InChI=1S/C21H22NO3S.BrH/c1-5-10-25-20-11-18(19(23)12-22-13-26-15(3)14(22)2)21(24-4)17-9-7-6-8-16(17)20;/h5-9,11,13H,1,10,12H2,2-4H3;1H/q+1;/p-1. The van der Waals surface area contributed by atoms with Crippen molar-refractivity contribution in [2.75, 3.05) is 13.7 Å². The zero-order valence-electron chi connectivity index (χ0n) is 15.6. The van der Waals surface area contributed by atoms with Crippen LogP contribution in [0.4, 0.5) is 0 Å². The average molecular weight is 448 g/mol. The number of hydrogen-bond donors (Lipinski definition) is 0. The van der Waals surface area contributed by atoms with Gasteiger partial charge >= 0.3 is 0 Å². The predicted molar refractivity (Wildman–Crippen MR) is 105 cm³/mol. The minimum atomic E-state index is -0.0121. The number of carbonyl (C=O) groups excluding carboxylic acids is 1. The number of aryl methyl sites for hydroxylation is 1. The van der Waals surface area contributed by atoms with Gasteiger partial charge in [0.05, 0.1) is 17.6 Å². The van der Waals surface area contributed by atoms with Crippen LogP contribution in [0.5, 0.6) is 11.5 Å². The molecule has 0 atom stereocenters. The number of nitrogens with zero attached hydrogens (tertiary/aromatic N) is 1. The Bertz CT molecular complexity index is 981. The second kappa shape index (κ2) is 9.15. The number of methoxy groups -OCH3 is 1. The SMILES string of the molecule is C=CCOc1cc(C(=O)C[n+]2csc(C)c2C)c(OC)c2ccccc12.[Br-]. The number of Topliss-reactive ketones (excluding diaryl/α,β-unsaturated/α-hetero) is 1. The van der Waals surface area contributed by atoms with Gasteiger partial charge in [0.2, 0.25) is 17.8 Å². The number of thiazole rings is 1. The maximum absolute atomic E-state index is 13.1. The molecule has 4 nitrogen and oxygen atoms in total. The molecular formula is C21H22BrNO3S. The average Bonchev–Trinajstić information content (AvgIpc) is 2.97. The number of ether oxygens (including phenoxy) is 2. The topological polar surface area (TPSA) is 39.4 Å². The summed E-state index contributed by atoms with van der Waals surface area (Å²) in [4.78, 5) is 14.3. The maximum Gasteiger partial charge on any atom is 0.231 e. The highest BCUT2D eigenvalue weighted by atomic mass is 79.9. The molecule has 0 radical (unpaired) electrons. The summed E-state index contributed by atoms with van der Waals surface area (Å²) in [6, 6.07) is 9.56. The van der Waals surface area contributed by atoms with Gasteiger partial charge in [-0.1, -0.05) is 48.3 Å². The molecule has 0 fully saturated rings. The molecule has 0 aliphatic heterocycles.